The van der Waals surface area contributed by atoms with Gasteiger partial charge in [0.2, 0.25) is 0 Å². The van der Waals surface area contributed by atoms with Crippen molar-refractivity contribution in [3.05, 3.63) is 81.4 Å². The van der Waals surface area contributed by atoms with Crippen molar-refractivity contribution < 1.29 is 4.48 Å². The first-order chi connectivity index (χ1) is 21.3. The molecule has 0 saturated heterocycles. The molecule has 6 heteroatoms. The predicted octanol–water partition coefficient (Wildman–Crippen LogP) is 8.04. The van der Waals surface area contributed by atoms with Crippen molar-refractivity contribution in [2.75, 3.05) is 14.1 Å². The van der Waals surface area contributed by atoms with Gasteiger partial charge < -0.3 is 4.48 Å². The van der Waals surface area contributed by atoms with Crippen LogP contribution < -0.4 is 5.73 Å². The summed E-state index contributed by atoms with van der Waals surface area (Å²) in [5.74, 6) is 1.45. The Morgan fingerprint density at radius 2 is 1.20 bits per heavy atom. The molecule has 3 atom stereocenters. The van der Waals surface area contributed by atoms with Gasteiger partial charge in [-0.25, -0.2) is 0 Å². The first-order valence-corrected chi connectivity index (χ1v) is 17.2. The second-order valence-corrected chi connectivity index (χ2v) is 15.4. The lowest BCUT2D eigenvalue weighted by Crippen LogP contribution is -2.57. The van der Waals surface area contributed by atoms with Crippen molar-refractivity contribution in [2.24, 2.45) is 17.6 Å². The number of aromatic nitrogens is 4. The molecule has 0 spiro atoms. The summed E-state index contributed by atoms with van der Waals surface area (Å²) in [6.07, 6.45) is 4.47. The summed E-state index contributed by atoms with van der Waals surface area (Å²) in [6, 6.07) is 14.6. The Balaban J connectivity index is 1.31. The number of nitrogens with two attached hydrogens (primary N) is 1. The maximum absolute atomic E-state index is 7.41. The SMILES string of the molecule is Cc1nn(CC(C)C)c(C)c1-c1ccc2c(c1)C(C(N)[N+](C)(C)C1CCc3ccc(-c4c(C)nn(CC(C)C)c4C)cc31)CC2. The second-order valence-electron chi connectivity index (χ2n) is 15.4. The summed E-state index contributed by atoms with van der Waals surface area (Å²) >= 11 is 0. The zero-order valence-electron chi connectivity index (χ0n) is 29.4. The van der Waals surface area contributed by atoms with Crippen molar-refractivity contribution in [3.8, 4) is 22.3 Å². The predicted molar refractivity (Wildman–Crippen MR) is 186 cm³/mol. The van der Waals surface area contributed by atoms with Gasteiger partial charge in [0, 0.05) is 47.6 Å². The molecule has 4 aromatic rings. The minimum absolute atomic E-state index is 0.00392. The third-order valence-corrected chi connectivity index (χ3v) is 10.9. The molecule has 0 aliphatic heterocycles. The first-order valence-electron chi connectivity index (χ1n) is 17.2. The fourth-order valence-electron chi connectivity index (χ4n) is 8.52. The molecule has 240 valence electrons. The molecular formula is C39H55N6+. The molecule has 2 aromatic heterocycles. The lowest BCUT2D eigenvalue weighted by atomic mass is 9.91. The fourth-order valence-corrected chi connectivity index (χ4v) is 8.52. The average molecular weight is 608 g/mol. The summed E-state index contributed by atoms with van der Waals surface area (Å²) in [5.41, 5.74) is 23.2. The van der Waals surface area contributed by atoms with Crippen LogP contribution in [0.5, 0.6) is 0 Å². The summed E-state index contributed by atoms with van der Waals surface area (Å²) in [6.45, 7) is 19.7. The molecule has 2 heterocycles. The number of quaternary nitrogens is 1. The van der Waals surface area contributed by atoms with Gasteiger partial charge in [-0.3, -0.25) is 15.1 Å². The van der Waals surface area contributed by atoms with E-state index in [9.17, 15) is 0 Å². The zero-order valence-corrected chi connectivity index (χ0v) is 29.4. The van der Waals surface area contributed by atoms with Crippen LogP contribution in [0, 0.1) is 39.5 Å². The summed E-state index contributed by atoms with van der Waals surface area (Å²) in [4.78, 5) is 0. The molecule has 2 N–H and O–H groups in total. The van der Waals surface area contributed by atoms with Crippen molar-refractivity contribution in [1.82, 2.24) is 19.6 Å². The molecule has 6 rings (SSSR count). The van der Waals surface area contributed by atoms with Crippen LogP contribution in [0.15, 0.2) is 36.4 Å². The highest BCUT2D eigenvalue weighted by atomic mass is 15.4. The topological polar surface area (TPSA) is 61.7 Å². The molecule has 2 aliphatic rings. The van der Waals surface area contributed by atoms with Crippen LogP contribution in [-0.2, 0) is 25.9 Å². The second kappa shape index (κ2) is 11.9. The minimum atomic E-state index is 0.00392. The number of benzene rings is 2. The smallest absolute Gasteiger partial charge is 0.147 e. The molecule has 6 nitrogen and oxygen atoms in total. The lowest BCUT2D eigenvalue weighted by Gasteiger charge is -2.44. The van der Waals surface area contributed by atoms with Gasteiger partial charge in [-0.05, 0) is 92.7 Å². The third kappa shape index (κ3) is 5.59. The summed E-state index contributed by atoms with van der Waals surface area (Å²) < 4.78 is 5.18. The number of hydrogen-bond acceptors (Lipinski definition) is 3. The van der Waals surface area contributed by atoms with Crippen LogP contribution in [0.4, 0.5) is 0 Å². The van der Waals surface area contributed by atoms with Gasteiger partial charge in [0.25, 0.3) is 0 Å². The van der Waals surface area contributed by atoms with E-state index in [0.717, 1.165) is 54.6 Å². The highest BCUT2D eigenvalue weighted by molar-refractivity contribution is 5.71. The van der Waals surface area contributed by atoms with Gasteiger partial charge in [-0.15, -0.1) is 0 Å². The Bertz CT molecular complexity index is 1720. The Labute approximate surface area is 271 Å². The van der Waals surface area contributed by atoms with Crippen molar-refractivity contribution in [3.63, 3.8) is 0 Å². The molecule has 0 bridgehead atoms. The molecular weight excluding hydrogens is 552 g/mol. The number of hydrogen-bond donors (Lipinski definition) is 1. The molecule has 45 heavy (non-hydrogen) atoms. The molecule has 2 aliphatic carbocycles. The third-order valence-electron chi connectivity index (χ3n) is 10.9. The summed E-state index contributed by atoms with van der Waals surface area (Å²) in [5, 5.41) is 9.86. The Morgan fingerprint density at radius 1 is 0.733 bits per heavy atom. The van der Waals surface area contributed by atoms with E-state index in [1.54, 1.807) is 0 Å². The van der Waals surface area contributed by atoms with Crippen LogP contribution in [0.3, 0.4) is 0 Å². The Kier molecular flexibility index (Phi) is 8.36. The average Bonchev–Trinajstić information content (AvgIpc) is 3.71. The number of likely N-dealkylation sites (N-methyl/N-ethyl adjacent to an activating group) is 1. The van der Waals surface area contributed by atoms with E-state index in [-0.39, 0.29) is 6.17 Å². The van der Waals surface area contributed by atoms with Gasteiger partial charge in [-0.2, -0.15) is 10.2 Å². The van der Waals surface area contributed by atoms with E-state index < -0.39 is 0 Å². The molecule has 0 fully saturated rings. The molecule has 0 saturated carbocycles. The normalized spacial score (nSPS) is 18.7. The fraction of sp³-hybridized carbons (Fsp3) is 0.538. The number of nitrogens with zero attached hydrogens (tertiary/aromatic N) is 5. The van der Waals surface area contributed by atoms with Crippen LogP contribution in [0.25, 0.3) is 22.3 Å². The number of fused-ring (bicyclic) bond motifs is 2. The van der Waals surface area contributed by atoms with E-state index in [0.29, 0.717) is 23.8 Å². The highest BCUT2D eigenvalue weighted by Crippen LogP contribution is 2.46. The standard InChI is InChI=1S/C39H55N6/c1-23(2)21-43-27(7)37(25(5)41-43)31-13-11-29-15-17-33(34(29)19-31)39(40)45(9,10)36-18-16-30-12-14-32(20-35(30)36)38-26(6)42-44(28(38)8)22-24(3)4/h11-14,19-20,23-24,33,36,39H,15-18,21-22,40H2,1-10H3/q+1. The molecule has 0 radical (unpaired) electrons. The van der Waals surface area contributed by atoms with Crippen molar-refractivity contribution in [2.45, 2.75) is 112 Å². The lowest BCUT2D eigenvalue weighted by molar-refractivity contribution is -0.945. The van der Waals surface area contributed by atoms with Crippen LogP contribution in [-0.4, -0.2) is 44.3 Å². The Morgan fingerprint density at radius 3 is 1.71 bits per heavy atom. The zero-order chi connectivity index (χ0) is 32.4. The maximum Gasteiger partial charge on any atom is 0.147 e. The molecule has 0 amide bonds. The molecule has 2 aromatic carbocycles. The Hall–Kier alpha value is -3.22. The van der Waals surface area contributed by atoms with Crippen molar-refractivity contribution in [1.29, 1.82) is 0 Å². The monoisotopic (exact) mass is 607 g/mol. The summed E-state index contributed by atoms with van der Waals surface area (Å²) in [7, 11) is 4.75. The minimum Gasteiger partial charge on any atom is -0.307 e. The first kappa shape index (κ1) is 31.7. The van der Waals surface area contributed by atoms with Gasteiger partial charge in [0.1, 0.15) is 12.2 Å². The van der Waals surface area contributed by atoms with E-state index in [4.69, 9.17) is 15.9 Å². The highest BCUT2D eigenvalue weighted by Gasteiger charge is 2.45. The van der Waals surface area contributed by atoms with Gasteiger partial charge in [-0.1, -0.05) is 58.0 Å². The van der Waals surface area contributed by atoms with E-state index in [2.05, 4.69) is 115 Å². The number of aryl methyl sites for hydroxylation is 4. The van der Waals surface area contributed by atoms with Gasteiger partial charge in [0.05, 0.1) is 31.4 Å². The quantitative estimate of drug-likeness (QED) is 0.155. The largest absolute Gasteiger partial charge is 0.307 e. The van der Waals surface area contributed by atoms with Crippen LogP contribution in [0.2, 0.25) is 0 Å². The molecule has 3 unspecified atom stereocenters. The number of rotatable bonds is 9. The van der Waals surface area contributed by atoms with Gasteiger partial charge in [0.15, 0.2) is 0 Å². The van der Waals surface area contributed by atoms with E-state index >= 15 is 0 Å². The van der Waals surface area contributed by atoms with E-state index in [1.165, 1.54) is 55.9 Å². The van der Waals surface area contributed by atoms with Crippen molar-refractivity contribution >= 4 is 0 Å². The van der Waals surface area contributed by atoms with E-state index in [1.807, 2.05) is 0 Å². The van der Waals surface area contributed by atoms with Crippen LogP contribution >= 0.6 is 0 Å². The van der Waals surface area contributed by atoms with Gasteiger partial charge >= 0.3 is 0 Å². The van der Waals surface area contributed by atoms with Crippen LogP contribution in [0.1, 0.15) is 97.5 Å². The maximum atomic E-state index is 7.41.